The number of carboxylic acids is 1. The van der Waals surface area contributed by atoms with E-state index >= 15 is 0 Å². The molecule has 2 aromatic carbocycles. The van der Waals surface area contributed by atoms with Crippen molar-refractivity contribution in [1.29, 1.82) is 0 Å². The van der Waals surface area contributed by atoms with Crippen LogP contribution in [0.2, 0.25) is 0 Å². The van der Waals surface area contributed by atoms with E-state index in [1.54, 1.807) is 0 Å². The number of amides is 1. The standard InChI is InChI=1S/C19H12N6O6/c20-15(26)13-14-17(23-16(21-13)9-1-3-10(4-2-9)18(27)28)24(19(29)22-14)11-5-7-12(8-6-11)25(30)31/h1-8H,(H2,20,26)(H,22,29)(H,27,28). The molecule has 12 nitrogen and oxygen atoms in total. The van der Waals surface area contributed by atoms with Gasteiger partial charge in [0.05, 0.1) is 16.2 Å². The number of imidazole rings is 1. The third kappa shape index (κ3) is 3.37. The molecule has 4 N–H and O–H groups in total. The Balaban J connectivity index is 1.95. The van der Waals surface area contributed by atoms with Gasteiger partial charge >= 0.3 is 11.7 Å². The van der Waals surface area contributed by atoms with E-state index in [1.807, 2.05) is 0 Å². The van der Waals surface area contributed by atoms with Crippen LogP contribution in [0.15, 0.2) is 53.3 Å². The molecular weight excluding hydrogens is 408 g/mol. The fraction of sp³-hybridized carbons (Fsp3) is 0. The van der Waals surface area contributed by atoms with Crippen molar-refractivity contribution in [2.75, 3.05) is 0 Å². The van der Waals surface area contributed by atoms with Crippen LogP contribution in [0.25, 0.3) is 28.2 Å². The second kappa shape index (κ2) is 7.18. The lowest BCUT2D eigenvalue weighted by molar-refractivity contribution is -0.384. The molecule has 0 bridgehead atoms. The van der Waals surface area contributed by atoms with Crippen LogP contribution in [0.5, 0.6) is 0 Å². The molecule has 0 radical (unpaired) electrons. The minimum absolute atomic E-state index is 0.00163. The van der Waals surface area contributed by atoms with Gasteiger partial charge < -0.3 is 15.8 Å². The maximum absolute atomic E-state index is 12.6. The SMILES string of the molecule is NC(=O)c1nc(-c2ccc(C(=O)O)cc2)nc2c1[nH]c(=O)n2-c1ccc([N+](=O)[O-])cc1. The summed E-state index contributed by atoms with van der Waals surface area (Å²) in [6.07, 6.45) is 0. The second-order valence-electron chi connectivity index (χ2n) is 6.38. The number of nitrogens with two attached hydrogens (primary N) is 1. The van der Waals surface area contributed by atoms with Gasteiger partial charge in [0.15, 0.2) is 17.2 Å². The summed E-state index contributed by atoms with van der Waals surface area (Å²) in [6.45, 7) is 0. The van der Waals surface area contributed by atoms with E-state index in [4.69, 9.17) is 10.8 Å². The first-order chi connectivity index (χ1) is 14.8. The predicted octanol–water partition coefficient (Wildman–Crippen LogP) is 1.48. The number of aromatic carboxylic acids is 1. The summed E-state index contributed by atoms with van der Waals surface area (Å²) in [5.74, 6) is -1.99. The van der Waals surface area contributed by atoms with Crippen molar-refractivity contribution in [3.63, 3.8) is 0 Å². The van der Waals surface area contributed by atoms with Gasteiger partial charge in [-0.1, -0.05) is 12.1 Å². The number of primary amides is 1. The third-order valence-corrected chi connectivity index (χ3v) is 4.48. The van der Waals surface area contributed by atoms with Gasteiger partial charge in [-0.3, -0.25) is 14.9 Å². The van der Waals surface area contributed by atoms with Crippen LogP contribution in [0.4, 0.5) is 5.69 Å². The Morgan fingerprint density at radius 2 is 1.71 bits per heavy atom. The number of benzene rings is 2. The number of aromatic amines is 1. The molecule has 0 unspecified atom stereocenters. The Labute approximate surface area is 171 Å². The Hall–Kier alpha value is -4.87. The van der Waals surface area contributed by atoms with Crippen LogP contribution in [-0.4, -0.2) is 41.4 Å². The first kappa shape index (κ1) is 19.4. The normalized spacial score (nSPS) is 10.8. The summed E-state index contributed by atoms with van der Waals surface area (Å²) < 4.78 is 1.13. The molecule has 0 aliphatic heterocycles. The smallest absolute Gasteiger partial charge is 0.335 e. The number of nitrogens with one attached hydrogen (secondary N) is 1. The number of carbonyl (C=O) groups excluding carboxylic acids is 1. The van der Waals surface area contributed by atoms with Crippen LogP contribution in [-0.2, 0) is 0 Å². The van der Waals surface area contributed by atoms with Crippen molar-refractivity contribution in [2.24, 2.45) is 5.73 Å². The zero-order valence-electron chi connectivity index (χ0n) is 15.5. The number of hydrogen-bond donors (Lipinski definition) is 3. The van der Waals surface area contributed by atoms with Crippen molar-refractivity contribution in [3.8, 4) is 17.1 Å². The molecule has 2 heterocycles. The Kier molecular flexibility index (Phi) is 4.51. The molecule has 0 aliphatic carbocycles. The highest BCUT2D eigenvalue weighted by atomic mass is 16.6. The molecule has 1 amide bonds. The lowest BCUT2D eigenvalue weighted by Gasteiger charge is -2.07. The lowest BCUT2D eigenvalue weighted by atomic mass is 10.1. The minimum Gasteiger partial charge on any atom is -0.478 e. The molecule has 0 atom stereocenters. The Morgan fingerprint density at radius 1 is 1.06 bits per heavy atom. The highest BCUT2D eigenvalue weighted by Crippen LogP contribution is 2.23. The van der Waals surface area contributed by atoms with Crippen LogP contribution >= 0.6 is 0 Å². The molecule has 0 saturated carbocycles. The molecule has 2 aromatic heterocycles. The monoisotopic (exact) mass is 420 g/mol. The third-order valence-electron chi connectivity index (χ3n) is 4.48. The van der Waals surface area contributed by atoms with E-state index in [0.717, 1.165) is 4.57 Å². The summed E-state index contributed by atoms with van der Waals surface area (Å²) in [5.41, 5.74) is 5.10. The average molecular weight is 420 g/mol. The Morgan fingerprint density at radius 3 is 2.26 bits per heavy atom. The van der Waals surface area contributed by atoms with E-state index in [2.05, 4.69) is 15.0 Å². The van der Waals surface area contributed by atoms with Crippen molar-refractivity contribution >= 4 is 28.7 Å². The second-order valence-corrected chi connectivity index (χ2v) is 6.38. The Bertz CT molecular complexity index is 1420. The van der Waals surface area contributed by atoms with Crippen molar-refractivity contribution in [1.82, 2.24) is 19.5 Å². The lowest BCUT2D eigenvalue weighted by Crippen LogP contribution is -2.15. The highest BCUT2D eigenvalue weighted by Gasteiger charge is 2.20. The molecule has 154 valence electrons. The van der Waals surface area contributed by atoms with Crippen molar-refractivity contribution < 1.29 is 19.6 Å². The number of non-ortho nitro benzene ring substituents is 1. The highest BCUT2D eigenvalue weighted by molar-refractivity contribution is 6.02. The maximum atomic E-state index is 12.6. The number of hydrogen-bond acceptors (Lipinski definition) is 7. The summed E-state index contributed by atoms with van der Waals surface area (Å²) >= 11 is 0. The molecule has 0 spiro atoms. The van der Waals surface area contributed by atoms with Crippen LogP contribution in [0, 0.1) is 10.1 Å². The number of nitrogens with zero attached hydrogens (tertiary/aromatic N) is 4. The predicted molar refractivity (Wildman–Crippen MR) is 107 cm³/mol. The van der Waals surface area contributed by atoms with E-state index in [1.165, 1.54) is 48.5 Å². The van der Waals surface area contributed by atoms with Crippen molar-refractivity contribution in [2.45, 2.75) is 0 Å². The van der Waals surface area contributed by atoms with Crippen molar-refractivity contribution in [3.05, 3.63) is 80.4 Å². The number of nitro benzene ring substituents is 1. The van der Waals surface area contributed by atoms with E-state index in [0.29, 0.717) is 5.56 Å². The first-order valence-corrected chi connectivity index (χ1v) is 8.67. The summed E-state index contributed by atoms with van der Waals surface area (Å²) in [6, 6.07) is 10.8. The van der Waals surface area contributed by atoms with Gasteiger partial charge in [-0.15, -0.1) is 0 Å². The summed E-state index contributed by atoms with van der Waals surface area (Å²) in [7, 11) is 0. The number of nitro groups is 1. The van der Waals surface area contributed by atoms with Crippen LogP contribution in [0.1, 0.15) is 20.8 Å². The molecule has 0 aliphatic rings. The molecule has 4 aromatic rings. The van der Waals surface area contributed by atoms with E-state index in [-0.39, 0.29) is 39.6 Å². The minimum atomic E-state index is -1.11. The number of rotatable bonds is 5. The van der Waals surface area contributed by atoms with Gasteiger partial charge in [0.25, 0.3) is 11.6 Å². The number of fused-ring (bicyclic) bond motifs is 1. The fourth-order valence-electron chi connectivity index (χ4n) is 3.02. The zero-order valence-corrected chi connectivity index (χ0v) is 15.5. The zero-order chi connectivity index (χ0) is 22.3. The van der Waals surface area contributed by atoms with Gasteiger partial charge in [-0.05, 0) is 24.3 Å². The van der Waals surface area contributed by atoms with Crippen LogP contribution < -0.4 is 11.4 Å². The maximum Gasteiger partial charge on any atom is 0.335 e. The van der Waals surface area contributed by atoms with E-state index in [9.17, 15) is 24.5 Å². The molecule has 12 heteroatoms. The van der Waals surface area contributed by atoms with Crippen LogP contribution in [0.3, 0.4) is 0 Å². The van der Waals surface area contributed by atoms with Gasteiger partial charge in [0.2, 0.25) is 0 Å². The summed E-state index contributed by atoms with van der Waals surface area (Å²) in [4.78, 5) is 56.9. The molecule has 4 rings (SSSR count). The quantitative estimate of drug-likeness (QED) is 0.320. The fourth-order valence-corrected chi connectivity index (χ4v) is 3.02. The van der Waals surface area contributed by atoms with Gasteiger partial charge in [0.1, 0.15) is 5.52 Å². The molecule has 0 saturated heterocycles. The first-order valence-electron chi connectivity index (χ1n) is 8.67. The average Bonchev–Trinajstić information content (AvgIpc) is 3.08. The number of aromatic nitrogens is 4. The molecule has 0 fully saturated rings. The largest absolute Gasteiger partial charge is 0.478 e. The number of carboxylic acid groups (broad SMARTS) is 1. The summed E-state index contributed by atoms with van der Waals surface area (Å²) in [5, 5.41) is 19.9. The van der Waals surface area contributed by atoms with E-state index < -0.39 is 22.5 Å². The van der Waals surface area contributed by atoms with Gasteiger partial charge in [-0.2, -0.15) is 0 Å². The topological polar surface area (TPSA) is 187 Å². The van der Waals surface area contributed by atoms with Gasteiger partial charge in [0, 0.05) is 17.7 Å². The number of carbonyl (C=O) groups is 2. The number of H-pyrrole nitrogens is 1. The molecular formula is C19H12N6O6. The van der Waals surface area contributed by atoms with Gasteiger partial charge in [-0.25, -0.2) is 24.1 Å². The molecule has 31 heavy (non-hydrogen) atoms.